The molecule has 0 bridgehead atoms. The SMILES string of the molecule is CCCCCCCCCCCC(=O)OCC(O)CO[C@@H]1[C@@H](O)[C@H](O)[C@@H](CO)O[C@H]1O. The number of ether oxygens (including phenoxy) is 3. The molecule has 1 aliphatic heterocycles. The van der Waals surface area contributed by atoms with E-state index in [4.69, 9.17) is 19.3 Å². The second-order valence-electron chi connectivity index (χ2n) is 7.94. The highest BCUT2D eigenvalue weighted by Gasteiger charge is 2.44. The van der Waals surface area contributed by atoms with Crippen LogP contribution in [0.1, 0.15) is 71.1 Å². The molecule has 5 N–H and O–H groups in total. The Labute approximate surface area is 179 Å². The van der Waals surface area contributed by atoms with Crippen molar-refractivity contribution in [3.05, 3.63) is 0 Å². The second-order valence-corrected chi connectivity index (χ2v) is 7.94. The zero-order valence-electron chi connectivity index (χ0n) is 18.0. The van der Waals surface area contributed by atoms with Gasteiger partial charge in [-0.3, -0.25) is 4.79 Å². The van der Waals surface area contributed by atoms with Gasteiger partial charge in [0, 0.05) is 6.42 Å². The zero-order valence-corrected chi connectivity index (χ0v) is 18.0. The molecule has 9 heteroatoms. The van der Waals surface area contributed by atoms with Crippen molar-refractivity contribution in [2.24, 2.45) is 0 Å². The van der Waals surface area contributed by atoms with E-state index in [1.165, 1.54) is 38.5 Å². The van der Waals surface area contributed by atoms with Crippen molar-refractivity contribution in [1.82, 2.24) is 0 Å². The van der Waals surface area contributed by atoms with Crippen LogP contribution in [0.3, 0.4) is 0 Å². The van der Waals surface area contributed by atoms with E-state index in [-0.39, 0.29) is 19.2 Å². The molecule has 1 unspecified atom stereocenters. The van der Waals surface area contributed by atoms with E-state index >= 15 is 0 Å². The smallest absolute Gasteiger partial charge is 0.305 e. The molecule has 30 heavy (non-hydrogen) atoms. The molecule has 0 radical (unpaired) electrons. The summed E-state index contributed by atoms with van der Waals surface area (Å²) in [5.74, 6) is -0.390. The molecule has 1 heterocycles. The Bertz CT molecular complexity index is 448. The van der Waals surface area contributed by atoms with Crippen LogP contribution < -0.4 is 0 Å². The van der Waals surface area contributed by atoms with Crippen LogP contribution in [0, 0.1) is 0 Å². The lowest BCUT2D eigenvalue weighted by atomic mass is 9.99. The van der Waals surface area contributed by atoms with Gasteiger partial charge in [-0.05, 0) is 6.42 Å². The van der Waals surface area contributed by atoms with Crippen LogP contribution in [-0.2, 0) is 19.0 Å². The Morgan fingerprint density at radius 1 is 0.933 bits per heavy atom. The second kappa shape index (κ2) is 15.9. The predicted molar refractivity (Wildman–Crippen MR) is 109 cm³/mol. The largest absolute Gasteiger partial charge is 0.463 e. The number of carbonyl (C=O) groups excluding carboxylic acids is 1. The summed E-state index contributed by atoms with van der Waals surface area (Å²) in [5, 5.41) is 48.5. The Morgan fingerprint density at radius 3 is 2.13 bits per heavy atom. The first-order valence-corrected chi connectivity index (χ1v) is 11.2. The van der Waals surface area contributed by atoms with Crippen LogP contribution in [0.5, 0.6) is 0 Å². The van der Waals surface area contributed by atoms with E-state index < -0.39 is 43.4 Å². The first-order valence-electron chi connectivity index (χ1n) is 11.2. The molecule has 1 aliphatic rings. The molecule has 0 aromatic carbocycles. The quantitative estimate of drug-likeness (QED) is 0.174. The van der Waals surface area contributed by atoms with E-state index in [2.05, 4.69) is 6.92 Å². The number of hydrogen-bond donors (Lipinski definition) is 5. The maximum Gasteiger partial charge on any atom is 0.305 e. The summed E-state index contributed by atoms with van der Waals surface area (Å²) in [7, 11) is 0. The summed E-state index contributed by atoms with van der Waals surface area (Å²) >= 11 is 0. The first-order chi connectivity index (χ1) is 14.4. The van der Waals surface area contributed by atoms with Gasteiger partial charge in [-0.1, -0.05) is 58.3 Å². The summed E-state index contributed by atoms with van der Waals surface area (Å²) in [6, 6.07) is 0. The number of esters is 1. The monoisotopic (exact) mass is 436 g/mol. The van der Waals surface area contributed by atoms with Gasteiger partial charge in [-0.2, -0.15) is 0 Å². The molecule has 6 atom stereocenters. The van der Waals surface area contributed by atoms with Crippen LogP contribution in [0.15, 0.2) is 0 Å². The van der Waals surface area contributed by atoms with Gasteiger partial charge in [0.05, 0.1) is 13.2 Å². The lowest BCUT2D eigenvalue weighted by Crippen LogP contribution is -2.59. The molecule has 0 amide bonds. The van der Waals surface area contributed by atoms with Crippen molar-refractivity contribution in [2.75, 3.05) is 19.8 Å². The van der Waals surface area contributed by atoms with E-state index in [1.807, 2.05) is 0 Å². The number of unbranched alkanes of at least 4 members (excludes halogenated alkanes) is 8. The summed E-state index contributed by atoms with van der Waals surface area (Å²) in [4.78, 5) is 11.7. The highest BCUT2D eigenvalue weighted by molar-refractivity contribution is 5.69. The summed E-state index contributed by atoms with van der Waals surface area (Å²) in [6.07, 6.45) is 2.60. The molecule has 0 spiro atoms. The molecular weight excluding hydrogens is 396 g/mol. The summed E-state index contributed by atoms with van der Waals surface area (Å²) < 4.78 is 15.2. The van der Waals surface area contributed by atoms with Gasteiger partial charge in [0.1, 0.15) is 37.1 Å². The van der Waals surface area contributed by atoms with Crippen LogP contribution in [0.4, 0.5) is 0 Å². The average molecular weight is 437 g/mol. The van der Waals surface area contributed by atoms with Crippen molar-refractivity contribution in [3.63, 3.8) is 0 Å². The van der Waals surface area contributed by atoms with Gasteiger partial charge >= 0.3 is 5.97 Å². The van der Waals surface area contributed by atoms with Crippen LogP contribution in [0.2, 0.25) is 0 Å². The molecule has 9 nitrogen and oxygen atoms in total. The number of rotatable bonds is 16. The lowest BCUT2D eigenvalue weighted by molar-refractivity contribution is -0.299. The van der Waals surface area contributed by atoms with Gasteiger partial charge in [-0.15, -0.1) is 0 Å². The van der Waals surface area contributed by atoms with Gasteiger partial charge in [0.25, 0.3) is 0 Å². The maximum absolute atomic E-state index is 11.7. The molecule has 0 aromatic heterocycles. The number of hydrogen-bond acceptors (Lipinski definition) is 9. The first kappa shape index (κ1) is 27.2. The topological polar surface area (TPSA) is 146 Å². The molecule has 178 valence electrons. The average Bonchev–Trinajstić information content (AvgIpc) is 2.73. The molecule has 0 aromatic rings. The van der Waals surface area contributed by atoms with E-state index in [0.29, 0.717) is 6.42 Å². The third-order valence-electron chi connectivity index (χ3n) is 5.24. The summed E-state index contributed by atoms with van der Waals surface area (Å²) in [6.45, 7) is 1.03. The van der Waals surface area contributed by atoms with Crippen LogP contribution >= 0.6 is 0 Å². The minimum absolute atomic E-state index is 0.266. The van der Waals surface area contributed by atoms with Crippen molar-refractivity contribution < 1.29 is 44.5 Å². The highest BCUT2D eigenvalue weighted by Crippen LogP contribution is 2.22. The van der Waals surface area contributed by atoms with Crippen LogP contribution in [-0.4, -0.2) is 88.1 Å². The highest BCUT2D eigenvalue weighted by atomic mass is 16.7. The third kappa shape index (κ3) is 10.5. The summed E-state index contributed by atoms with van der Waals surface area (Å²) in [5.41, 5.74) is 0. The van der Waals surface area contributed by atoms with Crippen molar-refractivity contribution in [2.45, 2.75) is 108 Å². The normalized spacial score (nSPS) is 27.7. The van der Waals surface area contributed by atoms with Gasteiger partial charge in [0.2, 0.25) is 0 Å². The maximum atomic E-state index is 11.7. The van der Waals surface area contributed by atoms with E-state index in [9.17, 15) is 25.2 Å². The molecule has 0 saturated carbocycles. The fourth-order valence-corrected chi connectivity index (χ4v) is 3.36. The molecule has 1 saturated heterocycles. The zero-order chi connectivity index (χ0) is 22.4. The predicted octanol–water partition coefficient (Wildman–Crippen LogP) is 0.628. The Morgan fingerprint density at radius 2 is 1.53 bits per heavy atom. The standard InChI is InChI=1S/C21H40O9/c1-2-3-4-5-6-7-8-9-10-11-17(24)28-13-15(23)14-29-20-19(26)18(25)16(12-22)30-21(20)27/h15-16,18-23,25-27H,2-14H2,1H3/t15?,16-,18-,19+,20-,21-/m1/s1. The van der Waals surface area contributed by atoms with Crippen molar-refractivity contribution in [3.8, 4) is 0 Å². The molecular formula is C21H40O9. The van der Waals surface area contributed by atoms with Gasteiger partial charge < -0.3 is 39.7 Å². The van der Waals surface area contributed by atoms with Crippen molar-refractivity contribution >= 4 is 5.97 Å². The molecule has 0 aliphatic carbocycles. The fraction of sp³-hybridized carbons (Fsp3) is 0.952. The van der Waals surface area contributed by atoms with Gasteiger partial charge in [0.15, 0.2) is 6.29 Å². The van der Waals surface area contributed by atoms with Gasteiger partial charge in [-0.25, -0.2) is 0 Å². The minimum atomic E-state index is -1.57. The molecule has 1 rings (SSSR count). The number of aliphatic hydroxyl groups is 5. The van der Waals surface area contributed by atoms with Crippen LogP contribution in [0.25, 0.3) is 0 Å². The third-order valence-corrected chi connectivity index (χ3v) is 5.24. The van der Waals surface area contributed by atoms with E-state index in [0.717, 1.165) is 19.3 Å². The van der Waals surface area contributed by atoms with Crippen molar-refractivity contribution in [1.29, 1.82) is 0 Å². The Hall–Kier alpha value is -0.810. The fourth-order valence-electron chi connectivity index (χ4n) is 3.36. The Balaban J connectivity index is 2.09. The van der Waals surface area contributed by atoms with E-state index in [1.54, 1.807) is 0 Å². The minimum Gasteiger partial charge on any atom is -0.463 e. The number of aliphatic hydroxyl groups excluding tert-OH is 5. The number of carbonyl (C=O) groups is 1. The molecule has 1 fully saturated rings. The Kier molecular flexibility index (Phi) is 14.4. The lowest BCUT2D eigenvalue weighted by Gasteiger charge is -2.39.